The monoisotopic (exact) mass is 215 g/mol. The van der Waals surface area contributed by atoms with E-state index in [4.69, 9.17) is 5.11 Å². The molecule has 2 aromatic heterocycles. The first-order chi connectivity index (χ1) is 7.88. The van der Waals surface area contributed by atoms with Gasteiger partial charge in [-0.05, 0) is 36.6 Å². The van der Waals surface area contributed by atoms with Crippen molar-refractivity contribution in [3.63, 3.8) is 0 Å². The molecule has 0 radical (unpaired) electrons. The minimum atomic E-state index is 0.0487. The van der Waals surface area contributed by atoms with Gasteiger partial charge >= 0.3 is 0 Å². The van der Waals surface area contributed by atoms with E-state index in [0.29, 0.717) is 6.04 Å². The predicted molar refractivity (Wildman–Crippen MR) is 59.7 cm³/mol. The lowest BCUT2D eigenvalue weighted by atomic mass is 10.2. The van der Waals surface area contributed by atoms with E-state index in [9.17, 15) is 0 Å². The van der Waals surface area contributed by atoms with Crippen LogP contribution in [-0.4, -0.2) is 19.9 Å². The molecule has 0 bridgehead atoms. The van der Waals surface area contributed by atoms with Crippen LogP contribution in [-0.2, 0) is 6.61 Å². The van der Waals surface area contributed by atoms with Crippen molar-refractivity contribution < 1.29 is 5.11 Å². The number of aromatic nitrogens is 3. The van der Waals surface area contributed by atoms with Gasteiger partial charge in [0.25, 0.3) is 0 Å². The van der Waals surface area contributed by atoms with Crippen molar-refractivity contribution in [1.82, 2.24) is 14.8 Å². The summed E-state index contributed by atoms with van der Waals surface area (Å²) < 4.78 is 2.03. The molecule has 0 aliphatic heterocycles. The summed E-state index contributed by atoms with van der Waals surface area (Å²) in [5.74, 6) is 0. The van der Waals surface area contributed by atoms with Gasteiger partial charge in [-0.25, -0.2) is 0 Å². The van der Waals surface area contributed by atoms with E-state index in [1.807, 2.05) is 22.9 Å². The van der Waals surface area contributed by atoms with E-state index in [-0.39, 0.29) is 6.61 Å². The zero-order valence-electron chi connectivity index (χ0n) is 8.87. The van der Waals surface area contributed by atoms with E-state index >= 15 is 0 Å². The molecule has 0 amide bonds. The van der Waals surface area contributed by atoms with Gasteiger partial charge in [-0.15, -0.1) is 0 Å². The summed E-state index contributed by atoms with van der Waals surface area (Å²) in [6.07, 6.45) is 5.94. The predicted octanol–water partition coefficient (Wildman–Crippen LogP) is 1.77. The van der Waals surface area contributed by atoms with Crippen LogP contribution >= 0.6 is 0 Å². The summed E-state index contributed by atoms with van der Waals surface area (Å²) in [6.45, 7) is 0.0487. The number of rotatable bonds is 3. The number of aliphatic hydroxyl groups excluding tert-OH is 1. The largest absolute Gasteiger partial charge is 0.392 e. The first kappa shape index (κ1) is 9.54. The molecule has 1 aliphatic carbocycles. The molecule has 1 aliphatic rings. The number of hydrogen-bond acceptors (Lipinski definition) is 3. The van der Waals surface area contributed by atoms with Crippen molar-refractivity contribution in [2.24, 2.45) is 0 Å². The first-order valence-corrected chi connectivity index (χ1v) is 5.48. The fourth-order valence-electron chi connectivity index (χ4n) is 1.84. The second kappa shape index (κ2) is 3.72. The number of hydrogen-bond donors (Lipinski definition) is 1. The summed E-state index contributed by atoms with van der Waals surface area (Å²) in [4.78, 5) is 4.33. The highest BCUT2D eigenvalue weighted by molar-refractivity contribution is 5.55. The van der Waals surface area contributed by atoms with Crippen LogP contribution in [0.2, 0.25) is 0 Å². The number of nitrogens with zero attached hydrogens (tertiary/aromatic N) is 3. The second-order valence-corrected chi connectivity index (χ2v) is 4.10. The van der Waals surface area contributed by atoms with Crippen molar-refractivity contribution in [1.29, 1.82) is 0 Å². The summed E-state index contributed by atoms with van der Waals surface area (Å²) in [7, 11) is 0. The average Bonchev–Trinajstić information content (AvgIpc) is 3.07. The average molecular weight is 215 g/mol. The molecular weight excluding hydrogens is 202 g/mol. The van der Waals surface area contributed by atoms with Crippen LogP contribution in [0.1, 0.15) is 24.4 Å². The minimum Gasteiger partial charge on any atom is -0.392 e. The molecule has 0 saturated heterocycles. The van der Waals surface area contributed by atoms with Gasteiger partial charge in [0, 0.05) is 12.4 Å². The van der Waals surface area contributed by atoms with Crippen molar-refractivity contribution in [2.75, 3.05) is 0 Å². The Morgan fingerprint density at radius 1 is 1.31 bits per heavy atom. The highest BCUT2D eigenvalue weighted by Gasteiger charge is 2.26. The van der Waals surface area contributed by atoms with Crippen LogP contribution in [0.4, 0.5) is 0 Å². The Kier molecular flexibility index (Phi) is 2.22. The van der Waals surface area contributed by atoms with Gasteiger partial charge in [-0.2, -0.15) is 5.10 Å². The molecule has 1 N–H and O–H groups in total. The minimum absolute atomic E-state index is 0.0487. The maximum Gasteiger partial charge on any atom is 0.0886 e. The topological polar surface area (TPSA) is 50.9 Å². The van der Waals surface area contributed by atoms with Gasteiger partial charge < -0.3 is 5.11 Å². The molecule has 4 heteroatoms. The molecule has 0 unspecified atom stereocenters. The lowest BCUT2D eigenvalue weighted by Crippen LogP contribution is -2.00. The normalized spacial score (nSPS) is 15.3. The maximum atomic E-state index is 9.10. The summed E-state index contributed by atoms with van der Waals surface area (Å²) in [5, 5.41) is 13.4. The standard InChI is InChI=1S/C12H13N3O/c16-8-9-3-5-13-11(7-9)12-4-6-14-15(12)10-1-2-10/h3-7,10,16H,1-2,8H2. The van der Waals surface area contributed by atoms with E-state index in [2.05, 4.69) is 10.1 Å². The van der Waals surface area contributed by atoms with Crippen molar-refractivity contribution in [2.45, 2.75) is 25.5 Å². The van der Waals surface area contributed by atoms with E-state index in [1.165, 1.54) is 12.8 Å². The fraction of sp³-hybridized carbons (Fsp3) is 0.333. The molecule has 0 spiro atoms. The van der Waals surface area contributed by atoms with Crippen LogP contribution < -0.4 is 0 Å². The Labute approximate surface area is 93.6 Å². The summed E-state index contributed by atoms with van der Waals surface area (Å²) in [5.41, 5.74) is 2.81. The summed E-state index contributed by atoms with van der Waals surface area (Å²) >= 11 is 0. The Bertz CT molecular complexity index is 502. The quantitative estimate of drug-likeness (QED) is 0.849. The van der Waals surface area contributed by atoms with Crippen LogP contribution in [0, 0.1) is 0 Å². The molecule has 2 aromatic rings. The lowest BCUT2D eigenvalue weighted by Gasteiger charge is -2.06. The van der Waals surface area contributed by atoms with E-state index < -0.39 is 0 Å². The van der Waals surface area contributed by atoms with Crippen molar-refractivity contribution >= 4 is 0 Å². The Balaban J connectivity index is 2.03. The molecule has 16 heavy (non-hydrogen) atoms. The molecule has 2 heterocycles. The molecule has 4 nitrogen and oxygen atoms in total. The zero-order valence-corrected chi connectivity index (χ0v) is 8.87. The Morgan fingerprint density at radius 3 is 2.94 bits per heavy atom. The van der Waals surface area contributed by atoms with Crippen molar-refractivity contribution in [3.8, 4) is 11.4 Å². The third-order valence-corrected chi connectivity index (χ3v) is 2.83. The smallest absolute Gasteiger partial charge is 0.0886 e. The molecule has 0 atom stereocenters. The third-order valence-electron chi connectivity index (χ3n) is 2.83. The highest BCUT2D eigenvalue weighted by atomic mass is 16.3. The van der Waals surface area contributed by atoms with Crippen LogP contribution in [0.3, 0.4) is 0 Å². The van der Waals surface area contributed by atoms with Gasteiger partial charge in [0.1, 0.15) is 0 Å². The van der Waals surface area contributed by atoms with Crippen LogP contribution in [0.25, 0.3) is 11.4 Å². The lowest BCUT2D eigenvalue weighted by molar-refractivity contribution is 0.282. The zero-order chi connectivity index (χ0) is 11.0. The molecule has 82 valence electrons. The van der Waals surface area contributed by atoms with E-state index in [1.54, 1.807) is 12.4 Å². The van der Waals surface area contributed by atoms with Crippen LogP contribution in [0.15, 0.2) is 30.6 Å². The molecule has 3 rings (SSSR count). The molecule has 1 fully saturated rings. The number of pyridine rings is 1. The highest BCUT2D eigenvalue weighted by Crippen LogP contribution is 2.37. The van der Waals surface area contributed by atoms with Crippen molar-refractivity contribution in [3.05, 3.63) is 36.2 Å². The van der Waals surface area contributed by atoms with E-state index in [0.717, 1.165) is 17.0 Å². The summed E-state index contributed by atoms with van der Waals surface area (Å²) in [6, 6.07) is 6.25. The maximum absolute atomic E-state index is 9.10. The van der Waals surface area contributed by atoms with Gasteiger partial charge in [-0.3, -0.25) is 9.67 Å². The molecular formula is C12H13N3O. The van der Waals surface area contributed by atoms with Crippen LogP contribution in [0.5, 0.6) is 0 Å². The van der Waals surface area contributed by atoms with Gasteiger partial charge in [-0.1, -0.05) is 0 Å². The molecule has 0 aromatic carbocycles. The first-order valence-electron chi connectivity index (χ1n) is 5.48. The Morgan fingerprint density at radius 2 is 2.19 bits per heavy atom. The van der Waals surface area contributed by atoms with Gasteiger partial charge in [0.05, 0.1) is 24.0 Å². The SMILES string of the molecule is OCc1ccnc(-c2ccnn2C2CC2)c1. The fourth-order valence-corrected chi connectivity index (χ4v) is 1.84. The Hall–Kier alpha value is -1.68. The molecule has 1 saturated carbocycles. The van der Waals surface area contributed by atoms with Gasteiger partial charge in [0.15, 0.2) is 0 Å². The van der Waals surface area contributed by atoms with Gasteiger partial charge in [0.2, 0.25) is 0 Å². The number of aliphatic hydroxyl groups is 1. The second-order valence-electron chi connectivity index (χ2n) is 4.10. The third kappa shape index (κ3) is 1.61.